The third-order valence-corrected chi connectivity index (χ3v) is 2.64. The minimum atomic E-state index is -0.321. The molecule has 0 radical (unpaired) electrons. The van der Waals surface area contributed by atoms with Crippen LogP contribution in [0.25, 0.3) is 0 Å². The molecule has 1 aliphatic carbocycles. The second-order valence-electron chi connectivity index (χ2n) is 3.24. The first-order chi connectivity index (χ1) is 6.16. The second kappa shape index (κ2) is 3.11. The molecule has 0 amide bonds. The fraction of sp³-hybridized carbons (Fsp3) is 0.300. The highest BCUT2D eigenvalue weighted by Gasteiger charge is 2.18. The summed E-state index contributed by atoms with van der Waals surface area (Å²) in [5.74, 6) is -0.140. The molecule has 68 valence electrons. The van der Waals surface area contributed by atoms with Crippen LogP contribution in [0.3, 0.4) is 0 Å². The minimum Gasteiger partial charge on any atom is -0.299 e. The Labute approximate surface area is 80.5 Å². The molecule has 0 aliphatic heterocycles. The number of rotatable bonds is 0. The Balaban J connectivity index is 2.53. The Hall–Kier alpha value is -0.890. The number of hydrogen-bond acceptors (Lipinski definition) is 1. The number of aryl methyl sites for hydroxylation is 1. The molecule has 3 heteroatoms. The number of ketones is 1. The molecule has 1 aromatic carbocycles. The molecule has 0 bridgehead atoms. The van der Waals surface area contributed by atoms with Crippen molar-refractivity contribution in [2.24, 2.45) is 0 Å². The molecule has 1 aliphatic rings. The number of benzene rings is 1. The van der Waals surface area contributed by atoms with E-state index in [1.807, 2.05) is 0 Å². The number of fused-ring (bicyclic) bond motifs is 1. The van der Waals surface area contributed by atoms with Gasteiger partial charge in [-0.3, -0.25) is 4.79 Å². The van der Waals surface area contributed by atoms with E-state index in [4.69, 9.17) is 11.6 Å². The molecular formula is C10H8ClFO. The zero-order valence-corrected chi connectivity index (χ0v) is 7.70. The van der Waals surface area contributed by atoms with Crippen molar-refractivity contribution in [1.82, 2.24) is 0 Å². The number of Topliss-reactive ketones (excluding diaryl/α,β-unsaturated/α-hetero) is 1. The van der Waals surface area contributed by atoms with Gasteiger partial charge in [-0.25, -0.2) is 4.39 Å². The summed E-state index contributed by atoms with van der Waals surface area (Å²) >= 11 is 5.82. The van der Waals surface area contributed by atoms with E-state index in [1.54, 1.807) is 0 Å². The van der Waals surface area contributed by atoms with Gasteiger partial charge in [0.2, 0.25) is 0 Å². The van der Waals surface area contributed by atoms with E-state index >= 15 is 0 Å². The summed E-state index contributed by atoms with van der Waals surface area (Å²) in [6.07, 6.45) is 1.48. The maximum absolute atomic E-state index is 12.9. The van der Waals surface area contributed by atoms with Crippen LogP contribution in [-0.2, 0) is 17.6 Å². The van der Waals surface area contributed by atoms with E-state index in [2.05, 4.69) is 0 Å². The molecule has 0 unspecified atom stereocenters. The number of hydrogen-bond donors (Lipinski definition) is 0. The van der Waals surface area contributed by atoms with Crippen LogP contribution in [0, 0.1) is 5.82 Å². The molecule has 0 aromatic heterocycles. The lowest BCUT2D eigenvalue weighted by Crippen LogP contribution is -2.13. The van der Waals surface area contributed by atoms with Gasteiger partial charge in [0.1, 0.15) is 11.6 Å². The van der Waals surface area contributed by atoms with Crippen molar-refractivity contribution < 1.29 is 9.18 Å². The lowest BCUT2D eigenvalue weighted by Gasteiger charge is -2.15. The quantitative estimate of drug-likeness (QED) is 0.626. The summed E-state index contributed by atoms with van der Waals surface area (Å²) in [7, 11) is 0. The van der Waals surface area contributed by atoms with Gasteiger partial charge >= 0.3 is 0 Å². The molecule has 1 aromatic rings. The molecule has 0 fully saturated rings. The molecule has 0 spiro atoms. The highest BCUT2D eigenvalue weighted by molar-refractivity contribution is 6.31. The van der Waals surface area contributed by atoms with Crippen LogP contribution in [0.5, 0.6) is 0 Å². The summed E-state index contributed by atoms with van der Waals surface area (Å²) in [5, 5.41) is 0.378. The van der Waals surface area contributed by atoms with Crippen LogP contribution in [0.15, 0.2) is 12.1 Å². The third-order valence-electron chi connectivity index (χ3n) is 2.30. The minimum absolute atomic E-state index is 0.181. The van der Waals surface area contributed by atoms with Crippen molar-refractivity contribution in [3.63, 3.8) is 0 Å². The van der Waals surface area contributed by atoms with E-state index in [0.717, 1.165) is 11.1 Å². The van der Waals surface area contributed by atoms with Crippen LogP contribution in [0.2, 0.25) is 5.02 Å². The van der Waals surface area contributed by atoms with Crippen LogP contribution in [0.4, 0.5) is 4.39 Å². The molecule has 0 heterocycles. The van der Waals surface area contributed by atoms with Crippen LogP contribution < -0.4 is 0 Å². The van der Waals surface area contributed by atoms with Crippen LogP contribution in [0.1, 0.15) is 17.5 Å². The van der Waals surface area contributed by atoms with Crippen molar-refractivity contribution in [2.75, 3.05) is 0 Å². The largest absolute Gasteiger partial charge is 0.299 e. The van der Waals surface area contributed by atoms with Crippen molar-refractivity contribution in [2.45, 2.75) is 19.3 Å². The topological polar surface area (TPSA) is 17.1 Å². The maximum Gasteiger partial charge on any atom is 0.137 e. The van der Waals surface area contributed by atoms with E-state index in [9.17, 15) is 9.18 Å². The molecule has 0 saturated heterocycles. The summed E-state index contributed by atoms with van der Waals surface area (Å²) in [5.41, 5.74) is 1.68. The van der Waals surface area contributed by atoms with Gasteiger partial charge in [0.25, 0.3) is 0 Å². The number of halogens is 2. The lowest BCUT2D eigenvalue weighted by atomic mass is 9.91. The lowest BCUT2D eigenvalue weighted by molar-refractivity contribution is -0.118. The molecule has 0 saturated carbocycles. The van der Waals surface area contributed by atoms with Gasteiger partial charge in [0.15, 0.2) is 0 Å². The highest BCUT2D eigenvalue weighted by Crippen LogP contribution is 2.27. The zero-order chi connectivity index (χ0) is 9.42. The zero-order valence-electron chi connectivity index (χ0n) is 6.94. The van der Waals surface area contributed by atoms with Gasteiger partial charge in [-0.2, -0.15) is 0 Å². The number of carbonyl (C=O) groups is 1. The van der Waals surface area contributed by atoms with E-state index in [1.165, 1.54) is 12.1 Å². The normalized spacial score (nSPS) is 15.7. The fourth-order valence-corrected chi connectivity index (χ4v) is 1.93. The highest BCUT2D eigenvalue weighted by atomic mass is 35.5. The predicted molar refractivity (Wildman–Crippen MR) is 48.4 cm³/mol. The molecule has 1 nitrogen and oxygen atoms in total. The first kappa shape index (κ1) is 8.70. The van der Waals surface area contributed by atoms with E-state index in [-0.39, 0.29) is 11.6 Å². The van der Waals surface area contributed by atoms with Crippen LogP contribution in [-0.4, -0.2) is 5.78 Å². The molecule has 0 atom stereocenters. The standard InChI is InChI=1S/C10H8ClFO/c11-10-4-7(12)3-6-1-2-8(13)5-9(6)10/h3-4H,1-2,5H2. The van der Waals surface area contributed by atoms with Crippen molar-refractivity contribution in [3.05, 3.63) is 34.1 Å². The SMILES string of the molecule is O=C1CCc2cc(F)cc(Cl)c2C1. The van der Waals surface area contributed by atoms with Gasteiger partial charge in [-0.05, 0) is 29.7 Å². The fourth-order valence-electron chi connectivity index (χ4n) is 1.64. The van der Waals surface area contributed by atoms with Gasteiger partial charge in [0, 0.05) is 17.9 Å². The van der Waals surface area contributed by atoms with Gasteiger partial charge in [-0.1, -0.05) is 11.6 Å². The average molecular weight is 199 g/mol. The van der Waals surface area contributed by atoms with Gasteiger partial charge in [-0.15, -0.1) is 0 Å². The molecule has 0 N–H and O–H groups in total. The predicted octanol–water partition coefficient (Wildman–Crippen LogP) is 2.54. The van der Waals surface area contributed by atoms with Gasteiger partial charge < -0.3 is 0 Å². The Morgan fingerprint density at radius 1 is 1.31 bits per heavy atom. The van der Waals surface area contributed by atoms with E-state index in [0.29, 0.717) is 24.3 Å². The van der Waals surface area contributed by atoms with Crippen LogP contribution >= 0.6 is 11.6 Å². The Morgan fingerprint density at radius 3 is 2.85 bits per heavy atom. The Bertz CT molecular complexity index is 373. The summed E-state index contributed by atoms with van der Waals surface area (Å²) in [4.78, 5) is 11.1. The van der Waals surface area contributed by atoms with Crippen molar-refractivity contribution in [3.8, 4) is 0 Å². The second-order valence-corrected chi connectivity index (χ2v) is 3.65. The average Bonchev–Trinajstić information content (AvgIpc) is 2.06. The summed E-state index contributed by atoms with van der Waals surface area (Å²) in [6, 6.07) is 2.73. The Morgan fingerprint density at radius 2 is 2.08 bits per heavy atom. The van der Waals surface area contributed by atoms with Crippen molar-refractivity contribution in [1.29, 1.82) is 0 Å². The molecule has 13 heavy (non-hydrogen) atoms. The third kappa shape index (κ3) is 1.59. The van der Waals surface area contributed by atoms with Crippen molar-refractivity contribution >= 4 is 17.4 Å². The molecule has 2 rings (SSSR count). The summed E-state index contributed by atoms with van der Waals surface area (Å²) in [6.45, 7) is 0. The first-order valence-electron chi connectivity index (χ1n) is 4.15. The molecular weight excluding hydrogens is 191 g/mol. The monoisotopic (exact) mass is 198 g/mol. The maximum atomic E-state index is 12.9. The van der Waals surface area contributed by atoms with E-state index < -0.39 is 0 Å². The Kier molecular flexibility index (Phi) is 2.08. The number of carbonyl (C=O) groups excluding carboxylic acids is 1. The smallest absolute Gasteiger partial charge is 0.137 e. The summed E-state index contributed by atoms with van der Waals surface area (Å²) < 4.78 is 12.9. The van der Waals surface area contributed by atoms with Gasteiger partial charge in [0.05, 0.1) is 0 Å². The first-order valence-corrected chi connectivity index (χ1v) is 4.53.